The summed E-state index contributed by atoms with van der Waals surface area (Å²) in [5.74, 6) is 0. The molecule has 0 amide bonds. The number of hydrogen-bond donors (Lipinski definition) is 1. The Morgan fingerprint density at radius 3 is 2.57 bits per heavy atom. The summed E-state index contributed by atoms with van der Waals surface area (Å²) in [6, 6.07) is 18.0. The summed E-state index contributed by atoms with van der Waals surface area (Å²) in [7, 11) is -3.53. The lowest BCUT2D eigenvalue weighted by Crippen LogP contribution is -2.23. The number of aromatic nitrogens is 1. The van der Waals surface area contributed by atoms with Gasteiger partial charge < -0.3 is 0 Å². The number of pyridine rings is 1. The highest BCUT2D eigenvalue weighted by Gasteiger charge is 2.14. The lowest BCUT2D eigenvalue weighted by atomic mass is 10.2. The Labute approximate surface area is 123 Å². The zero-order chi connectivity index (χ0) is 14.7. The largest absolute Gasteiger partial charge is 0.256 e. The second-order valence-electron chi connectivity index (χ2n) is 4.67. The van der Waals surface area contributed by atoms with Gasteiger partial charge in [-0.05, 0) is 29.8 Å². The van der Waals surface area contributed by atoms with Crippen molar-refractivity contribution in [1.82, 2.24) is 9.71 Å². The first-order valence-electron chi connectivity index (χ1n) is 6.53. The summed E-state index contributed by atoms with van der Waals surface area (Å²) in [4.78, 5) is 4.43. The third-order valence-electron chi connectivity index (χ3n) is 3.19. The number of fused-ring (bicyclic) bond motifs is 1. The number of nitrogens with zero attached hydrogens (tertiary/aromatic N) is 1. The van der Waals surface area contributed by atoms with Crippen LogP contribution in [0.4, 0.5) is 0 Å². The summed E-state index contributed by atoms with van der Waals surface area (Å²) in [5.41, 5.74) is 1.70. The van der Waals surface area contributed by atoms with Crippen LogP contribution in [0.2, 0.25) is 0 Å². The van der Waals surface area contributed by atoms with Gasteiger partial charge in [0.2, 0.25) is 10.0 Å². The molecule has 0 unspecified atom stereocenters. The van der Waals surface area contributed by atoms with E-state index in [0.717, 1.165) is 16.5 Å². The van der Waals surface area contributed by atoms with E-state index in [1.165, 1.54) is 0 Å². The highest BCUT2D eigenvalue weighted by molar-refractivity contribution is 7.89. The summed E-state index contributed by atoms with van der Waals surface area (Å²) in [6.07, 6.45) is 1.68. The van der Waals surface area contributed by atoms with Crippen LogP contribution in [0, 0.1) is 0 Å². The summed E-state index contributed by atoms with van der Waals surface area (Å²) >= 11 is 0. The van der Waals surface area contributed by atoms with E-state index < -0.39 is 10.0 Å². The predicted octanol–water partition coefficient (Wildman–Crippen LogP) is 2.71. The number of nitrogens with one attached hydrogen (secondary N) is 1. The van der Waals surface area contributed by atoms with Gasteiger partial charge in [-0.2, -0.15) is 0 Å². The Morgan fingerprint density at radius 1 is 0.952 bits per heavy atom. The van der Waals surface area contributed by atoms with E-state index in [4.69, 9.17) is 0 Å². The fraction of sp³-hybridized carbons (Fsp3) is 0.0625. The third-order valence-corrected chi connectivity index (χ3v) is 4.59. The topological polar surface area (TPSA) is 59.1 Å². The molecule has 0 radical (unpaired) electrons. The van der Waals surface area contributed by atoms with Gasteiger partial charge in [0.1, 0.15) is 0 Å². The molecule has 2 aromatic carbocycles. The maximum absolute atomic E-state index is 12.3. The third kappa shape index (κ3) is 3.09. The molecule has 1 N–H and O–H groups in total. The van der Waals surface area contributed by atoms with Gasteiger partial charge >= 0.3 is 0 Å². The van der Waals surface area contributed by atoms with Crippen LogP contribution in [-0.4, -0.2) is 13.4 Å². The van der Waals surface area contributed by atoms with E-state index in [1.807, 2.05) is 36.4 Å². The van der Waals surface area contributed by atoms with E-state index in [-0.39, 0.29) is 11.4 Å². The molecule has 5 heteroatoms. The van der Waals surface area contributed by atoms with Crippen molar-refractivity contribution in [2.45, 2.75) is 11.4 Å². The fourth-order valence-electron chi connectivity index (χ4n) is 2.08. The molecule has 0 aliphatic carbocycles. The van der Waals surface area contributed by atoms with Gasteiger partial charge in [0, 0.05) is 18.1 Å². The second kappa shape index (κ2) is 5.63. The molecule has 0 aliphatic rings. The van der Waals surface area contributed by atoms with E-state index in [9.17, 15) is 8.42 Å². The van der Waals surface area contributed by atoms with Crippen LogP contribution in [0.1, 0.15) is 5.56 Å². The highest BCUT2D eigenvalue weighted by atomic mass is 32.2. The number of rotatable bonds is 4. The van der Waals surface area contributed by atoms with Crippen LogP contribution < -0.4 is 4.72 Å². The van der Waals surface area contributed by atoms with Gasteiger partial charge in [0.05, 0.1) is 10.4 Å². The molecule has 1 heterocycles. The first kappa shape index (κ1) is 13.7. The lowest BCUT2D eigenvalue weighted by molar-refractivity contribution is 0.581. The monoisotopic (exact) mass is 298 g/mol. The first-order valence-corrected chi connectivity index (χ1v) is 8.02. The van der Waals surface area contributed by atoms with Gasteiger partial charge in [-0.25, -0.2) is 13.1 Å². The van der Waals surface area contributed by atoms with Crippen molar-refractivity contribution in [2.24, 2.45) is 0 Å². The molecule has 3 aromatic rings. The zero-order valence-corrected chi connectivity index (χ0v) is 12.0. The predicted molar refractivity (Wildman–Crippen MR) is 82.2 cm³/mol. The minimum absolute atomic E-state index is 0.249. The average molecular weight is 298 g/mol. The van der Waals surface area contributed by atoms with Gasteiger partial charge in [-0.3, -0.25) is 4.98 Å². The zero-order valence-electron chi connectivity index (χ0n) is 11.2. The molecule has 3 rings (SSSR count). The Hall–Kier alpha value is -2.24. The molecule has 0 saturated heterocycles. The lowest BCUT2D eigenvalue weighted by Gasteiger charge is -2.07. The molecule has 106 valence electrons. The van der Waals surface area contributed by atoms with Crippen LogP contribution in [0.15, 0.2) is 71.8 Å². The van der Waals surface area contributed by atoms with E-state index >= 15 is 0 Å². The SMILES string of the molecule is O=S(=O)(NCc1ccccc1)c1ccc2ncccc2c1. The van der Waals surface area contributed by atoms with E-state index in [1.54, 1.807) is 30.5 Å². The maximum Gasteiger partial charge on any atom is 0.240 e. The standard InChI is InChI=1S/C16H14N2O2S/c19-21(20,18-12-13-5-2-1-3-6-13)15-8-9-16-14(11-15)7-4-10-17-16/h1-11,18H,12H2. The Kier molecular flexibility index (Phi) is 3.68. The molecule has 4 nitrogen and oxygen atoms in total. The summed E-state index contributed by atoms with van der Waals surface area (Å²) in [5, 5.41) is 0.806. The van der Waals surface area contributed by atoms with Crippen LogP contribution in [0.3, 0.4) is 0 Å². The van der Waals surface area contributed by atoms with Gasteiger partial charge in [-0.15, -0.1) is 0 Å². The van der Waals surface area contributed by atoms with Crippen molar-refractivity contribution in [3.63, 3.8) is 0 Å². The minimum Gasteiger partial charge on any atom is -0.256 e. The highest BCUT2D eigenvalue weighted by Crippen LogP contribution is 2.17. The molecule has 1 aromatic heterocycles. The minimum atomic E-state index is -3.53. The van der Waals surface area contributed by atoms with Crippen molar-refractivity contribution in [1.29, 1.82) is 0 Å². The van der Waals surface area contributed by atoms with Gasteiger partial charge in [0.15, 0.2) is 0 Å². The van der Waals surface area contributed by atoms with Crippen molar-refractivity contribution >= 4 is 20.9 Å². The Bertz CT molecular complexity index is 862. The molecule has 0 aliphatic heterocycles. The van der Waals surface area contributed by atoms with Crippen LogP contribution in [-0.2, 0) is 16.6 Å². The second-order valence-corrected chi connectivity index (χ2v) is 6.44. The molecule has 0 fully saturated rings. The molecule has 0 spiro atoms. The molecule has 0 bridgehead atoms. The molecular formula is C16H14N2O2S. The molecule has 0 atom stereocenters. The Balaban J connectivity index is 1.86. The van der Waals surface area contributed by atoms with Crippen molar-refractivity contribution in [3.05, 3.63) is 72.4 Å². The smallest absolute Gasteiger partial charge is 0.240 e. The normalized spacial score (nSPS) is 11.6. The van der Waals surface area contributed by atoms with Crippen LogP contribution >= 0.6 is 0 Å². The number of hydrogen-bond acceptors (Lipinski definition) is 3. The molecular weight excluding hydrogens is 284 g/mol. The van der Waals surface area contributed by atoms with Crippen LogP contribution in [0.5, 0.6) is 0 Å². The van der Waals surface area contributed by atoms with Crippen molar-refractivity contribution < 1.29 is 8.42 Å². The van der Waals surface area contributed by atoms with E-state index in [0.29, 0.717) is 0 Å². The number of benzene rings is 2. The average Bonchev–Trinajstić information content (AvgIpc) is 2.53. The number of sulfonamides is 1. The van der Waals surface area contributed by atoms with Gasteiger partial charge in [0.25, 0.3) is 0 Å². The maximum atomic E-state index is 12.3. The Morgan fingerprint density at radius 2 is 1.76 bits per heavy atom. The van der Waals surface area contributed by atoms with E-state index in [2.05, 4.69) is 9.71 Å². The van der Waals surface area contributed by atoms with Crippen LogP contribution in [0.25, 0.3) is 10.9 Å². The molecule has 0 saturated carbocycles. The van der Waals surface area contributed by atoms with Crippen molar-refractivity contribution in [3.8, 4) is 0 Å². The summed E-state index contributed by atoms with van der Waals surface area (Å²) < 4.78 is 27.2. The molecule has 21 heavy (non-hydrogen) atoms. The quantitative estimate of drug-likeness (QED) is 0.805. The van der Waals surface area contributed by atoms with Gasteiger partial charge in [-0.1, -0.05) is 36.4 Å². The summed E-state index contributed by atoms with van der Waals surface area (Å²) in [6.45, 7) is 0.272. The first-order chi connectivity index (χ1) is 10.1. The van der Waals surface area contributed by atoms with Crippen molar-refractivity contribution in [2.75, 3.05) is 0 Å². The fourth-order valence-corrected chi connectivity index (χ4v) is 3.13.